The molecule has 0 bridgehead atoms. The van der Waals surface area contributed by atoms with Gasteiger partial charge in [-0.25, -0.2) is 4.98 Å². The van der Waals surface area contributed by atoms with Crippen LogP contribution in [-0.2, 0) is 11.3 Å². The van der Waals surface area contributed by atoms with Crippen molar-refractivity contribution in [2.75, 3.05) is 18.1 Å². The maximum atomic E-state index is 12.9. The van der Waals surface area contributed by atoms with Gasteiger partial charge in [0, 0.05) is 30.0 Å². The van der Waals surface area contributed by atoms with Gasteiger partial charge in [-0.2, -0.15) is 0 Å². The van der Waals surface area contributed by atoms with Crippen molar-refractivity contribution in [1.82, 2.24) is 9.55 Å². The molecule has 1 unspecified atom stereocenters. The molecule has 1 aliphatic rings. The molecular weight excluding hydrogens is 422 g/mol. The summed E-state index contributed by atoms with van der Waals surface area (Å²) in [4.78, 5) is 19.7. The maximum absolute atomic E-state index is 12.9. The molecule has 0 aliphatic carbocycles. The van der Waals surface area contributed by atoms with Gasteiger partial charge >= 0.3 is 0 Å². The molecule has 34 heavy (non-hydrogen) atoms. The Morgan fingerprint density at radius 2 is 1.62 bits per heavy atom. The minimum Gasteiger partial charge on any atom is -0.491 e. The number of imidazole rings is 1. The lowest BCUT2D eigenvalue weighted by molar-refractivity contribution is -0.117. The summed E-state index contributed by atoms with van der Waals surface area (Å²) >= 11 is 0. The summed E-state index contributed by atoms with van der Waals surface area (Å²) in [6.07, 6.45) is 0.461. The Labute approximate surface area is 198 Å². The molecule has 0 spiro atoms. The first-order chi connectivity index (χ1) is 16.8. The first-order valence-corrected chi connectivity index (χ1v) is 11.7. The van der Waals surface area contributed by atoms with Gasteiger partial charge in [0.1, 0.15) is 18.2 Å². The number of para-hydroxylation sites is 3. The van der Waals surface area contributed by atoms with Crippen molar-refractivity contribution in [2.24, 2.45) is 0 Å². The van der Waals surface area contributed by atoms with Gasteiger partial charge in [-0.15, -0.1) is 0 Å². The van der Waals surface area contributed by atoms with Crippen molar-refractivity contribution in [3.05, 3.63) is 103 Å². The predicted molar refractivity (Wildman–Crippen MR) is 135 cm³/mol. The number of ether oxygens (including phenoxy) is 1. The second-order valence-electron chi connectivity index (χ2n) is 8.68. The van der Waals surface area contributed by atoms with Crippen LogP contribution in [0.25, 0.3) is 21.8 Å². The average Bonchev–Trinajstić information content (AvgIpc) is 3.45. The highest BCUT2D eigenvalue weighted by atomic mass is 16.5. The Morgan fingerprint density at radius 3 is 2.53 bits per heavy atom. The van der Waals surface area contributed by atoms with Crippen LogP contribution in [0.3, 0.4) is 0 Å². The van der Waals surface area contributed by atoms with E-state index in [1.54, 1.807) is 0 Å². The Hall–Kier alpha value is -4.12. The number of anilines is 1. The zero-order valence-electron chi connectivity index (χ0n) is 18.8. The van der Waals surface area contributed by atoms with Gasteiger partial charge in [-0.05, 0) is 35.7 Å². The lowest BCUT2D eigenvalue weighted by Crippen LogP contribution is -2.24. The van der Waals surface area contributed by atoms with Gasteiger partial charge in [-0.3, -0.25) is 4.79 Å². The van der Waals surface area contributed by atoms with Crippen LogP contribution in [0.1, 0.15) is 18.2 Å². The Balaban J connectivity index is 1.28. The number of fused-ring (bicyclic) bond motifs is 2. The molecule has 0 saturated carbocycles. The minimum absolute atomic E-state index is 0.0395. The molecule has 2 heterocycles. The predicted octanol–water partition coefficient (Wildman–Crippen LogP) is 5.79. The van der Waals surface area contributed by atoms with Crippen molar-refractivity contribution in [1.29, 1.82) is 0 Å². The fourth-order valence-corrected chi connectivity index (χ4v) is 4.95. The maximum Gasteiger partial charge on any atom is 0.227 e. The third-order valence-electron chi connectivity index (χ3n) is 6.56. The second kappa shape index (κ2) is 8.67. The molecule has 0 N–H and O–H groups in total. The van der Waals surface area contributed by atoms with E-state index in [1.165, 1.54) is 5.39 Å². The topological polar surface area (TPSA) is 47.4 Å². The fourth-order valence-electron chi connectivity index (χ4n) is 4.95. The van der Waals surface area contributed by atoms with E-state index in [0.717, 1.165) is 33.7 Å². The van der Waals surface area contributed by atoms with E-state index in [-0.39, 0.29) is 11.8 Å². The molecule has 0 radical (unpaired) electrons. The van der Waals surface area contributed by atoms with Crippen molar-refractivity contribution >= 4 is 33.4 Å². The number of carbonyl (C=O) groups excluding carboxylic acids is 1. The molecule has 168 valence electrons. The van der Waals surface area contributed by atoms with Crippen LogP contribution in [-0.4, -0.2) is 28.6 Å². The molecule has 1 aromatic heterocycles. The van der Waals surface area contributed by atoms with Crippen molar-refractivity contribution < 1.29 is 9.53 Å². The summed E-state index contributed by atoms with van der Waals surface area (Å²) < 4.78 is 8.47. The zero-order chi connectivity index (χ0) is 22.9. The van der Waals surface area contributed by atoms with Crippen molar-refractivity contribution in [2.45, 2.75) is 18.9 Å². The smallest absolute Gasteiger partial charge is 0.227 e. The van der Waals surface area contributed by atoms with Crippen LogP contribution in [0.4, 0.5) is 5.69 Å². The Bertz CT molecular complexity index is 1470. The van der Waals surface area contributed by atoms with Gasteiger partial charge in [0.05, 0.1) is 17.6 Å². The van der Waals surface area contributed by atoms with Gasteiger partial charge in [-0.1, -0.05) is 66.7 Å². The van der Waals surface area contributed by atoms with Gasteiger partial charge in [0.15, 0.2) is 0 Å². The summed E-state index contributed by atoms with van der Waals surface area (Å²) in [6, 6.07) is 32.4. The third kappa shape index (κ3) is 3.69. The average molecular weight is 448 g/mol. The standard InChI is InChI=1S/C29H25N3O2/c33-28-19-22(20-32(28)23-11-2-1-3-12-23)29-30-25-14-6-7-15-26(25)31(29)17-18-34-27-16-8-10-21-9-4-5-13-24(21)27/h1-16,22H,17-20H2. The summed E-state index contributed by atoms with van der Waals surface area (Å²) in [7, 11) is 0. The Kier molecular flexibility index (Phi) is 5.22. The highest BCUT2D eigenvalue weighted by Crippen LogP contribution is 2.33. The number of aromatic nitrogens is 2. The fraction of sp³-hybridized carbons (Fsp3) is 0.172. The van der Waals surface area contributed by atoms with Crippen molar-refractivity contribution in [3.63, 3.8) is 0 Å². The van der Waals surface area contributed by atoms with E-state index in [1.807, 2.05) is 77.7 Å². The molecule has 1 fully saturated rings. The third-order valence-corrected chi connectivity index (χ3v) is 6.56. The molecule has 5 aromatic rings. The van der Waals surface area contributed by atoms with Gasteiger partial charge < -0.3 is 14.2 Å². The van der Waals surface area contributed by atoms with Crippen LogP contribution in [0.15, 0.2) is 97.1 Å². The van der Waals surface area contributed by atoms with Crippen LogP contribution in [0.5, 0.6) is 5.75 Å². The molecule has 1 atom stereocenters. The molecule has 5 heteroatoms. The van der Waals surface area contributed by atoms with E-state index in [2.05, 4.69) is 28.8 Å². The van der Waals surface area contributed by atoms with E-state index in [9.17, 15) is 4.79 Å². The molecule has 6 rings (SSSR count). The lowest BCUT2D eigenvalue weighted by atomic mass is 10.1. The quantitative estimate of drug-likeness (QED) is 0.331. The van der Waals surface area contributed by atoms with Gasteiger partial charge in [0.2, 0.25) is 5.91 Å². The van der Waals surface area contributed by atoms with Crippen LogP contribution >= 0.6 is 0 Å². The highest BCUT2D eigenvalue weighted by molar-refractivity contribution is 5.96. The molecule has 1 amide bonds. The molecule has 4 aromatic carbocycles. The summed E-state index contributed by atoms with van der Waals surface area (Å²) in [5.41, 5.74) is 2.97. The number of carbonyl (C=O) groups is 1. The zero-order valence-corrected chi connectivity index (χ0v) is 18.8. The SMILES string of the molecule is O=C1CC(c2nc3ccccc3n2CCOc2cccc3ccccc23)CN1c1ccccc1. The molecule has 5 nitrogen and oxygen atoms in total. The number of nitrogens with zero attached hydrogens (tertiary/aromatic N) is 3. The summed E-state index contributed by atoms with van der Waals surface area (Å²) in [5.74, 6) is 2.02. The lowest BCUT2D eigenvalue weighted by Gasteiger charge is -2.17. The number of rotatable bonds is 6. The van der Waals surface area contributed by atoms with Crippen molar-refractivity contribution in [3.8, 4) is 5.75 Å². The highest BCUT2D eigenvalue weighted by Gasteiger charge is 2.34. The van der Waals surface area contributed by atoms with E-state index >= 15 is 0 Å². The van der Waals surface area contributed by atoms with Crippen LogP contribution in [0, 0.1) is 0 Å². The number of amides is 1. The normalized spacial score (nSPS) is 15.9. The van der Waals surface area contributed by atoms with E-state index in [4.69, 9.17) is 9.72 Å². The van der Waals surface area contributed by atoms with Gasteiger partial charge in [0.25, 0.3) is 0 Å². The first-order valence-electron chi connectivity index (χ1n) is 11.7. The first kappa shape index (κ1) is 20.5. The van der Waals surface area contributed by atoms with Crippen LogP contribution < -0.4 is 9.64 Å². The second-order valence-corrected chi connectivity index (χ2v) is 8.68. The molecule has 1 saturated heterocycles. The largest absolute Gasteiger partial charge is 0.491 e. The molecule has 1 aliphatic heterocycles. The van der Waals surface area contributed by atoms with Crippen LogP contribution in [0.2, 0.25) is 0 Å². The minimum atomic E-state index is 0.0395. The van der Waals surface area contributed by atoms with E-state index in [0.29, 0.717) is 26.1 Å². The number of benzene rings is 4. The summed E-state index contributed by atoms with van der Waals surface area (Å²) in [6.45, 7) is 1.82. The monoisotopic (exact) mass is 447 g/mol. The number of hydrogen-bond donors (Lipinski definition) is 0. The summed E-state index contributed by atoms with van der Waals surface area (Å²) in [5, 5.41) is 2.28. The molecular formula is C29H25N3O2. The Morgan fingerprint density at radius 1 is 0.853 bits per heavy atom. The number of hydrogen-bond acceptors (Lipinski definition) is 3. The van der Waals surface area contributed by atoms with E-state index < -0.39 is 0 Å².